The number of ether oxygens (including phenoxy) is 3. The number of carbonyl (C=O) groups is 3. The second kappa shape index (κ2) is 3.95. The maximum atomic E-state index is 12.6. The van der Waals surface area contributed by atoms with Gasteiger partial charge in [-0.05, 0) is 11.1 Å². The summed E-state index contributed by atoms with van der Waals surface area (Å²) >= 11 is 0. The molecule has 0 radical (unpaired) electrons. The van der Waals surface area contributed by atoms with E-state index in [9.17, 15) is 14.4 Å². The fraction of sp³-hybridized carbons (Fsp3) is 0.438. The summed E-state index contributed by atoms with van der Waals surface area (Å²) in [6.45, 7) is 0. The molecule has 2 fully saturated rings. The molecule has 1 aromatic rings. The van der Waals surface area contributed by atoms with Gasteiger partial charge in [-0.1, -0.05) is 24.3 Å². The number of carbonyl (C=O) groups excluding carboxylic acids is 3. The van der Waals surface area contributed by atoms with E-state index in [1.807, 2.05) is 12.1 Å². The lowest BCUT2D eigenvalue weighted by Gasteiger charge is -2.34. The minimum absolute atomic E-state index is 0.221. The van der Waals surface area contributed by atoms with Gasteiger partial charge in [-0.3, -0.25) is 14.4 Å². The highest BCUT2D eigenvalue weighted by atomic mass is 16.6. The highest BCUT2D eigenvalue weighted by molar-refractivity contribution is 6.05. The van der Waals surface area contributed by atoms with Crippen LogP contribution < -0.4 is 0 Å². The third-order valence-corrected chi connectivity index (χ3v) is 5.39. The van der Waals surface area contributed by atoms with Crippen LogP contribution in [0.15, 0.2) is 24.3 Å². The number of esters is 3. The van der Waals surface area contributed by atoms with Crippen molar-refractivity contribution in [2.24, 2.45) is 11.8 Å². The number of methoxy groups -OCH3 is 2. The van der Waals surface area contributed by atoms with Crippen LogP contribution in [0.2, 0.25) is 0 Å². The van der Waals surface area contributed by atoms with E-state index < -0.39 is 40.8 Å². The summed E-state index contributed by atoms with van der Waals surface area (Å²) in [6, 6.07) is 7.24. The van der Waals surface area contributed by atoms with Crippen molar-refractivity contribution in [2.75, 3.05) is 14.2 Å². The lowest BCUT2D eigenvalue weighted by Crippen LogP contribution is -2.46. The van der Waals surface area contributed by atoms with Crippen LogP contribution in [0.3, 0.4) is 0 Å². The fourth-order valence-electron chi connectivity index (χ4n) is 4.64. The van der Waals surface area contributed by atoms with Crippen LogP contribution in [-0.4, -0.2) is 32.1 Å². The third kappa shape index (κ3) is 1.16. The lowest BCUT2D eigenvalue weighted by atomic mass is 9.67. The molecule has 0 N–H and O–H groups in total. The van der Waals surface area contributed by atoms with E-state index in [0.717, 1.165) is 5.56 Å². The molecule has 6 heteroatoms. The predicted octanol–water partition coefficient (Wildman–Crippen LogP) is 0.672. The van der Waals surface area contributed by atoms with Gasteiger partial charge in [-0.25, -0.2) is 0 Å². The van der Waals surface area contributed by atoms with Gasteiger partial charge in [0.05, 0.1) is 13.0 Å². The number of benzene rings is 1. The number of fused-ring (bicyclic) bond motifs is 8. The molecule has 4 rings (SSSR count). The smallest absolute Gasteiger partial charge is 0.320 e. The molecule has 6 nitrogen and oxygen atoms in total. The van der Waals surface area contributed by atoms with Crippen LogP contribution >= 0.6 is 0 Å². The monoisotopic (exact) mass is 302 g/mol. The molecule has 114 valence electrons. The fourth-order valence-corrected chi connectivity index (χ4v) is 4.64. The van der Waals surface area contributed by atoms with E-state index in [2.05, 4.69) is 0 Å². The SMILES string of the molecule is COC(=O)[C@@]12C[C@@](OC)(c3ccccc31)[C@@H]1C(=O)OC(=O)[C@H]12. The van der Waals surface area contributed by atoms with E-state index in [-0.39, 0.29) is 6.42 Å². The van der Waals surface area contributed by atoms with Crippen molar-refractivity contribution >= 4 is 17.9 Å². The van der Waals surface area contributed by atoms with Crippen molar-refractivity contribution in [1.82, 2.24) is 0 Å². The van der Waals surface area contributed by atoms with Gasteiger partial charge >= 0.3 is 17.9 Å². The van der Waals surface area contributed by atoms with Crippen LogP contribution in [0.25, 0.3) is 0 Å². The average molecular weight is 302 g/mol. The van der Waals surface area contributed by atoms with Crippen LogP contribution in [0.5, 0.6) is 0 Å². The molecular formula is C16H14O6. The summed E-state index contributed by atoms with van der Waals surface area (Å²) in [7, 11) is 2.77. The molecule has 0 amide bonds. The maximum absolute atomic E-state index is 12.6. The highest BCUT2D eigenvalue weighted by Gasteiger charge is 2.79. The summed E-state index contributed by atoms with van der Waals surface area (Å²) in [4.78, 5) is 37.1. The molecule has 2 bridgehead atoms. The zero-order valence-electron chi connectivity index (χ0n) is 12.1. The summed E-state index contributed by atoms with van der Waals surface area (Å²) < 4.78 is 15.5. The maximum Gasteiger partial charge on any atom is 0.320 e. The normalized spacial score (nSPS) is 37.7. The molecule has 2 aliphatic carbocycles. The standard InChI is InChI=1S/C16H14O6/c1-20-14(19)15-7-16(21-2,9-6-4-3-5-8(9)15)11-10(15)12(17)22-13(11)18/h3-6,10-11H,7H2,1-2H3/t10-,11-,15-,16+/m0/s1. The Balaban J connectivity index is 2.07. The van der Waals surface area contributed by atoms with E-state index in [0.29, 0.717) is 5.56 Å². The Labute approximate surface area is 126 Å². The second-order valence-electron chi connectivity index (χ2n) is 5.97. The minimum atomic E-state index is -1.21. The Morgan fingerprint density at radius 2 is 1.77 bits per heavy atom. The molecular weight excluding hydrogens is 288 g/mol. The van der Waals surface area contributed by atoms with Gasteiger partial charge in [0.25, 0.3) is 0 Å². The first kappa shape index (κ1) is 13.5. The minimum Gasteiger partial charge on any atom is -0.468 e. The largest absolute Gasteiger partial charge is 0.468 e. The van der Waals surface area contributed by atoms with Gasteiger partial charge in [-0.15, -0.1) is 0 Å². The Hall–Kier alpha value is -2.21. The van der Waals surface area contributed by atoms with Crippen molar-refractivity contribution in [3.8, 4) is 0 Å². The van der Waals surface area contributed by atoms with E-state index >= 15 is 0 Å². The highest BCUT2D eigenvalue weighted by Crippen LogP contribution is 2.68. The van der Waals surface area contributed by atoms with Gasteiger partial charge in [-0.2, -0.15) is 0 Å². The summed E-state index contributed by atoms with van der Waals surface area (Å²) in [5.74, 6) is -3.52. The number of hydrogen-bond donors (Lipinski definition) is 0. The lowest BCUT2D eigenvalue weighted by molar-refractivity contribution is -0.161. The van der Waals surface area contributed by atoms with Crippen molar-refractivity contribution in [3.63, 3.8) is 0 Å². The van der Waals surface area contributed by atoms with Crippen LogP contribution in [0.4, 0.5) is 0 Å². The zero-order valence-corrected chi connectivity index (χ0v) is 12.1. The molecule has 3 aliphatic rings. The topological polar surface area (TPSA) is 78.9 Å². The van der Waals surface area contributed by atoms with Gasteiger partial charge in [0.15, 0.2) is 0 Å². The van der Waals surface area contributed by atoms with Crippen molar-refractivity contribution in [3.05, 3.63) is 35.4 Å². The first-order valence-corrected chi connectivity index (χ1v) is 7.02. The van der Waals surface area contributed by atoms with Crippen LogP contribution in [0.1, 0.15) is 17.5 Å². The molecule has 1 heterocycles. The second-order valence-corrected chi connectivity index (χ2v) is 5.97. The Bertz CT molecular complexity index is 725. The molecule has 0 aromatic heterocycles. The van der Waals surface area contributed by atoms with Crippen molar-refractivity contribution in [1.29, 1.82) is 0 Å². The van der Waals surface area contributed by atoms with Crippen molar-refractivity contribution < 1.29 is 28.6 Å². The quantitative estimate of drug-likeness (QED) is 0.590. The van der Waals surface area contributed by atoms with E-state index in [1.54, 1.807) is 12.1 Å². The van der Waals surface area contributed by atoms with Gasteiger partial charge in [0, 0.05) is 13.5 Å². The molecule has 1 aliphatic heterocycles. The summed E-state index contributed by atoms with van der Waals surface area (Å²) in [5, 5.41) is 0. The van der Waals surface area contributed by atoms with Crippen molar-refractivity contribution in [2.45, 2.75) is 17.4 Å². The van der Waals surface area contributed by atoms with Gasteiger partial charge in [0.1, 0.15) is 16.9 Å². The van der Waals surface area contributed by atoms with Gasteiger partial charge in [0.2, 0.25) is 0 Å². The Kier molecular flexibility index (Phi) is 2.42. The number of cyclic esters (lactones) is 2. The Morgan fingerprint density at radius 1 is 1.14 bits per heavy atom. The summed E-state index contributed by atoms with van der Waals surface area (Å²) in [6.07, 6.45) is 0.221. The number of hydrogen-bond acceptors (Lipinski definition) is 6. The molecule has 1 saturated carbocycles. The molecule has 0 spiro atoms. The molecule has 1 saturated heterocycles. The first-order valence-electron chi connectivity index (χ1n) is 7.02. The predicted molar refractivity (Wildman–Crippen MR) is 71.5 cm³/mol. The molecule has 1 aromatic carbocycles. The zero-order chi connectivity index (χ0) is 15.7. The van der Waals surface area contributed by atoms with E-state index in [1.165, 1.54) is 14.2 Å². The summed E-state index contributed by atoms with van der Waals surface area (Å²) in [5.41, 5.74) is -0.777. The third-order valence-electron chi connectivity index (χ3n) is 5.39. The van der Waals surface area contributed by atoms with Crippen LogP contribution in [0, 0.1) is 11.8 Å². The Morgan fingerprint density at radius 3 is 2.41 bits per heavy atom. The van der Waals surface area contributed by atoms with Crippen LogP contribution in [-0.2, 0) is 39.6 Å². The molecule has 4 atom stereocenters. The average Bonchev–Trinajstić information content (AvgIpc) is 3.13. The first-order chi connectivity index (χ1) is 10.5. The van der Waals surface area contributed by atoms with E-state index in [4.69, 9.17) is 14.2 Å². The molecule has 22 heavy (non-hydrogen) atoms. The molecule has 0 unspecified atom stereocenters. The van der Waals surface area contributed by atoms with Gasteiger partial charge < -0.3 is 14.2 Å². The number of rotatable bonds is 2.